The predicted octanol–water partition coefficient (Wildman–Crippen LogP) is 0.992. The Bertz CT molecular complexity index is 363. The zero-order valence-electron chi connectivity index (χ0n) is 14.0. The first-order chi connectivity index (χ1) is 9.83. The van der Waals surface area contributed by atoms with E-state index in [1.807, 2.05) is 0 Å². The molecule has 0 aromatic rings. The maximum absolute atomic E-state index is 12.5. The molecule has 2 aliphatic rings. The van der Waals surface area contributed by atoms with Gasteiger partial charge in [0.25, 0.3) is 0 Å². The third-order valence-corrected chi connectivity index (χ3v) is 4.95. The van der Waals surface area contributed by atoms with Gasteiger partial charge < -0.3 is 15.4 Å². The molecular weight excluding hydrogens is 266 g/mol. The van der Waals surface area contributed by atoms with Gasteiger partial charge in [0, 0.05) is 25.2 Å². The van der Waals surface area contributed by atoms with Crippen molar-refractivity contribution in [2.24, 2.45) is 5.41 Å². The molecular formula is C16H31N3O2. The van der Waals surface area contributed by atoms with Crippen LogP contribution >= 0.6 is 0 Å². The first-order valence-corrected chi connectivity index (χ1v) is 8.17. The van der Waals surface area contributed by atoms with Gasteiger partial charge in [0.1, 0.15) is 0 Å². The van der Waals surface area contributed by atoms with Crippen LogP contribution in [0.3, 0.4) is 0 Å². The molecule has 0 aromatic heterocycles. The Hall–Kier alpha value is -0.650. The molecule has 0 radical (unpaired) electrons. The van der Waals surface area contributed by atoms with Crippen molar-refractivity contribution in [2.45, 2.75) is 52.1 Å². The van der Waals surface area contributed by atoms with Crippen molar-refractivity contribution >= 4 is 5.91 Å². The second-order valence-electron chi connectivity index (χ2n) is 7.61. The molecule has 2 fully saturated rings. The van der Waals surface area contributed by atoms with Gasteiger partial charge in [0.2, 0.25) is 5.91 Å². The summed E-state index contributed by atoms with van der Waals surface area (Å²) in [7, 11) is 0. The van der Waals surface area contributed by atoms with E-state index in [4.69, 9.17) is 4.74 Å². The van der Waals surface area contributed by atoms with Gasteiger partial charge in [0.05, 0.1) is 19.3 Å². The number of ether oxygens (including phenoxy) is 1. The number of hydrogen-bond acceptors (Lipinski definition) is 4. The van der Waals surface area contributed by atoms with E-state index >= 15 is 0 Å². The maximum Gasteiger partial charge on any atom is 0.237 e. The van der Waals surface area contributed by atoms with Gasteiger partial charge in [-0.05, 0) is 38.6 Å². The Morgan fingerprint density at radius 2 is 2.05 bits per heavy atom. The van der Waals surface area contributed by atoms with Crippen LogP contribution in [0.2, 0.25) is 0 Å². The molecule has 2 aliphatic heterocycles. The number of nitrogens with zero attached hydrogens (tertiary/aromatic N) is 1. The van der Waals surface area contributed by atoms with Crippen molar-refractivity contribution in [1.29, 1.82) is 0 Å². The molecule has 21 heavy (non-hydrogen) atoms. The summed E-state index contributed by atoms with van der Waals surface area (Å²) < 4.78 is 5.40. The number of carbonyl (C=O) groups excluding carboxylic acids is 1. The van der Waals surface area contributed by atoms with E-state index in [0.29, 0.717) is 6.54 Å². The topological polar surface area (TPSA) is 53.6 Å². The van der Waals surface area contributed by atoms with E-state index < -0.39 is 0 Å². The number of hydrogen-bond donors (Lipinski definition) is 2. The van der Waals surface area contributed by atoms with Gasteiger partial charge in [0.15, 0.2) is 0 Å². The van der Waals surface area contributed by atoms with Gasteiger partial charge >= 0.3 is 0 Å². The van der Waals surface area contributed by atoms with Crippen LogP contribution in [-0.2, 0) is 9.53 Å². The minimum Gasteiger partial charge on any atom is -0.379 e. The van der Waals surface area contributed by atoms with Crippen molar-refractivity contribution < 1.29 is 9.53 Å². The quantitative estimate of drug-likeness (QED) is 0.812. The summed E-state index contributed by atoms with van der Waals surface area (Å²) in [4.78, 5) is 14.9. The smallest absolute Gasteiger partial charge is 0.237 e. The van der Waals surface area contributed by atoms with Gasteiger partial charge in [-0.15, -0.1) is 0 Å². The van der Waals surface area contributed by atoms with Crippen LogP contribution in [0.15, 0.2) is 0 Å². The van der Waals surface area contributed by atoms with Gasteiger partial charge in [-0.25, -0.2) is 0 Å². The van der Waals surface area contributed by atoms with Crippen LogP contribution in [0.25, 0.3) is 0 Å². The van der Waals surface area contributed by atoms with Crippen LogP contribution < -0.4 is 10.6 Å². The first kappa shape index (κ1) is 16.7. The molecule has 122 valence electrons. The molecule has 1 unspecified atom stereocenters. The number of morpholine rings is 1. The summed E-state index contributed by atoms with van der Waals surface area (Å²) in [5, 5.41) is 6.54. The summed E-state index contributed by atoms with van der Waals surface area (Å²) in [5.74, 6) is 0.140. The Kier molecular flexibility index (Phi) is 5.28. The third-order valence-electron chi connectivity index (χ3n) is 4.95. The molecule has 5 heteroatoms. The highest BCUT2D eigenvalue weighted by Gasteiger charge is 2.38. The molecule has 2 rings (SSSR count). The number of piperidine rings is 1. The summed E-state index contributed by atoms with van der Waals surface area (Å²) in [6, 6.07) is -0.0771. The number of nitrogens with one attached hydrogen (secondary N) is 2. The lowest BCUT2D eigenvalue weighted by atomic mass is 9.77. The van der Waals surface area contributed by atoms with Crippen molar-refractivity contribution in [3.63, 3.8) is 0 Å². The summed E-state index contributed by atoms with van der Waals surface area (Å²) >= 11 is 0. The number of rotatable bonds is 4. The maximum atomic E-state index is 12.5. The van der Waals surface area contributed by atoms with E-state index in [9.17, 15) is 4.79 Å². The molecule has 0 aromatic carbocycles. The van der Waals surface area contributed by atoms with Gasteiger partial charge in [-0.2, -0.15) is 0 Å². The third kappa shape index (κ3) is 4.18. The Morgan fingerprint density at radius 1 is 1.38 bits per heavy atom. The van der Waals surface area contributed by atoms with Crippen LogP contribution in [0.4, 0.5) is 0 Å². The molecule has 2 heterocycles. The van der Waals surface area contributed by atoms with Crippen LogP contribution in [0.5, 0.6) is 0 Å². The highest BCUT2D eigenvalue weighted by molar-refractivity contribution is 5.82. The fraction of sp³-hybridized carbons (Fsp3) is 0.938. The zero-order valence-corrected chi connectivity index (χ0v) is 14.0. The van der Waals surface area contributed by atoms with E-state index in [0.717, 1.165) is 45.7 Å². The fourth-order valence-electron chi connectivity index (χ4n) is 3.34. The second kappa shape index (κ2) is 6.63. The monoisotopic (exact) mass is 297 g/mol. The molecule has 0 spiro atoms. The lowest BCUT2D eigenvalue weighted by Gasteiger charge is -2.42. The summed E-state index contributed by atoms with van der Waals surface area (Å²) in [6.45, 7) is 13.8. The highest BCUT2D eigenvalue weighted by Crippen LogP contribution is 2.30. The van der Waals surface area contributed by atoms with Crippen LogP contribution in [0.1, 0.15) is 40.5 Å². The van der Waals surface area contributed by atoms with E-state index in [1.165, 1.54) is 0 Å². The van der Waals surface area contributed by atoms with E-state index in [1.54, 1.807) is 0 Å². The lowest BCUT2D eigenvalue weighted by Crippen LogP contribution is -2.60. The van der Waals surface area contributed by atoms with Crippen LogP contribution in [-0.4, -0.2) is 61.8 Å². The van der Waals surface area contributed by atoms with Crippen LogP contribution in [0, 0.1) is 5.41 Å². The minimum absolute atomic E-state index is 0.0295. The molecule has 2 N–H and O–H groups in total. The zero-order chi connectivity index (χ0) is 15.5. The largest absolute Gasteiger partial charge is 0.379 e. The highest BCUT2D eigenvalue weighted by atomic mass is 16.5. The molecule has 1 amide bonds. The van der Waals surface area contributed by atoms with E-state index in [2.05, 4.69) is 43.2 Å². The Morgan fingerprint density at radius 3 is 2.67 bits per heavy atom. The number of amides is 1. The van der Waals surface area contributed by atoms with Crippen molar-refractivity contribution in [2.75, 3.05) is 39.4 Å². The molecule has 0 bridgehead atoms. The normalized spacial score (nSPS) is 27.3. The van der Waals surface area contributed by atoms with Gasteiger partial charge in [-0.1, -0.05) is 13.8 Å². The Labute approximate surface area is 128 Å². The second-order valence-corrected chi connectivity index (χ2v) is 7.61. The number of carbonyl (C=O) groups is 1. The van der Waals surface area contributed by atoms with Gasteiger partial charge in [-0.3, -0.25) is 9.69 Å². The van der Waals surface area contributed by atoms with E-state index in [-0.39, 0.29) is 22.9 Å². The summed E-state index contributed by atoms with van der Waals surface area (Å²) in [6.07, 6.45) is 2.25. The average molecular weight is 297 g/mol. The van der Waals surface area contributed by atoms with Crippen molar-refractivity contribution in [3.05, 3.63) is 0 Å². The standard InChI is InChI=1S/C16H31N3O2/c1-15(2)6-5-7-17-13(15)14(20)18-12-16(3,4)19-8-10-21-11-9-19/h13,17H,5-12H2,1-4H3,(H,18,20). The fourth-order valence-corrected chi connectivity index (χ4v) is 3.34. The molecule has 0 aliphatic carbocycles. The molecule has 2 saturated heterocycles. The average Bonchev–Trinajstić information content (AvgIpc) is 2.45. The van der Waals surface area contributed by atoms with Crippen molar-refractivity contribution in [1.82, 2.24) is 15.5 Å². The minimum atomic E-state index is -0.0771. The SMILES string of the molecule is CC1(C)CCCNC1C(=O)NCC(C)(C)N1CCOCC1. The predicted molar refractivity (Wildman–Crippen MR) is 84.3 cm³/mol. The Balaban J connectivity index is 1.87. The first-order valence-electron chi connectivity index (χ1n) is 8.17. The summed E-state index contributed by atoms with van der Waals surface area (Å²) in [5.41, 5.74) is 0.00366. The molecule has 1 atom stereocenters. The molecule has 5 nitrogen and oxygen atoms in total. The molecule has 0 saturated carbocycles. The van der Waals surface area contributed by atoms with Crippen molar-refractivity contribution in [3.8, 4) is 0 Å². The lowest BCUT2D eigenvalue weighted by molar-refractivity contribution is -0.127.